The number of nitro benzene ring substituents is 1. The van der Waals surface area contributed by atoms with Crippen molar-refractivity contribution >= 4 is 27.1 Å². The van der Waals surface area contributed by atoms with E-state index in [0.717, 1.165) is 12.1 Å². The molecule has 0 spiro atoms. The Balaban J connectivity index is 2.49. The predicted octanol–water partition coefficient (Wildman–Crippen LogP) is 1.37. The molecular formula is C11H10N4O4S. The summed E-state index contributed by atoms with van der Waals surface area (Å²) in [6.07, 6.45) is 2.76. The average Bonchev–Trinajstić information content (AvgIpc) is 2.39. The Morgan fingerprint density at radius 2 is 2.05 bits per heavy atom. The van der Waals surface area contributed by atoms with E-state index in [9.17, 15) is 18.5 Å². The number of rotatable bonds is 4. The molecule has 0 unspecified atom stereocenters. The minimum Gasteiger partial charge on any atom is -0.399 e. The third kappa shape index (κ3) is 2.83. The summed E-state index contributed by atoms with van der Waals surface area (Å²) in [6.45, 7) is 0. The minimum atomic E-state index is -4.12. The van der Waals surface area contributed by atoms with Gasteiger partial charge in [-0.3, -0.25) is 19.8 Å². The standard InChI is InChI=1S/C11H10N4O4S/c12-8-3-4-10(15(16)17)11(6-8)20(18,19)14-9-2-1-5-13-7-9/h1-7,14H,12H2. The molecule has 0 atom stereocenters. The van der Waals surface area contributed by atoms with Crippen LogP contribution in [0, 0.1) is 10.1 Å². The van der Waals surface area contributed by atoms with Crippen molar-refractivity contribution in [3.8, 4) is 0 Å². The van der Waals surface area contributed by atoms with Crippen LogP contribution in [0.25, 0.3) is 0 Å². The van der Waals surface area contributed by atoms with Crippen LogP contribution in [0.5, 0.6) is 0 Å². The predicted molar refractivity (Wildman–Crippen MR) is 72.6 cm³/mol. The van der Waals surface area contributed by atoms with E-state index in [4.69, 9.17) is 5.73 Å². The highest BCUT2D eigenvalue weighted by molar-refractivity contribution is 7.92. The fourth-order valence-electron chi connectivity index (χ4n) is 1.53. The first-order valence-corrected chi connectivity index (χ1v) is 6.85. The quantitative estimate of drug-likeness (QED) is 0.498. The maximum Gasteiger partial charge on any atom is 0.290 e. The minimum absolute atomic E-state index is 0.113. The number of hydrogen-bond acceptors (Lipinski definition) is 6. The SMILES string of the molecule is Nc1ccc([N+](=O)[O-])c(S(=O)(=O)Nc2cccnc2)c1. The number of nitrogens with two attached hydrogens (primary N) is 1. The summed E-state index contributed by atoms with van der Waals surface area (Å²) in [5.74, 6) is 0. The van der Waals surface area contributed by atoms with Crippen LogP contribution in [0.15, 0.2) is 47.6 Å². The first kappa shape index (κ1) is 13.7. The molecule has 8 nitrogen and oxygen atoms in total. The van der Waals surface area contributed by atoms with Gasteiger partial charge in [0, 0.05) is 18.0 Å². The Morgan fingerprint density at radius 1 is 1.30 bits per heavy atom. The van der Waals surface area contributed by atoms with Crippen molar-refractivity contribution in [2.24, 2.45) is 0 Å². The molecule has 0 bridgehead atoms. The highest BCUT2D eigenvalue weighted by Gasteiger charge is 2.26. The summed E-state index contributed by atoms with van der Waals surface area (Å²) in [4.78, 5) is 13.4. The smallest absolute Gasteiger partial charge is 0.290 e. The molecule has 2 aromatic rings. The van der Waals surface area contributed by atoms with Gasteiger partial charge >= 0.3 is 0 Å². The molecule has 0 aliphatic carbocycles. The summed E-state index contributed by atoms with van der Waals surface area (Å²) in [7, 11) is -4.12. The van der Waals surface area contributed by atoms with Gasteiger partial charge < -0.3 is 5.73 Å². The van der Waals surface area contributed by atoms with Crippen molar-refractivity contribution in [3.05, 3.63) is 52.8 Å². The molecular weight excluding hydrogens is 284 g/mol. The molecule has 104 valence electrons. The zero-order chi connectivity index (χ0) is 14.8. The third-order valence-corrected chi connectivity index (χ3v) is 3.79. The molecule has 0 aliphatic rings. The molecule has 1 heterocycles. The largest absolute Gasteiger partial charge is 0.399 e. The summed E-state index contributed by atoms with van der Waals surface area (Å²) < 4.78 is 26.6. The van der Waals surface area contributed by atoms with Crippen molar-refractivity contribution in [1.82, 2.24) is 4.98 Å². The van der Waals surface area contributed by atoms with E-state index in [-0.39, 0.29) is 11.4 Å². The number of nitro groups is 1. The molecule has 20 heavy (non-hydrogen) atoms. The van der Waals surface area contributed by atoms with Crippen LogP contribution in [0.1, 0.15) is 0 Å². The van der Waals surface area contributed by atoms with Crippen molar-refractivity contribution in [2.75, 3.05) is 10.5 Å². The molecule has 1 aromatic carbocycles. The lowest BCUT2D eigenvalue weighted by Crippen LogP contribution is -2.15. The second-order valence-corrected chi connectivity index (χ2v) is 5.48. The van der Waals surface area contributed by atoms with Gasteiger partial charge in [0.2, 0.25) is 0 Å². The maximum atomic E-state index is 12.2. The Labute approximate surface area is 114 Å². The second kappa shape index (κ2) is 5.13. The van der Waals surface area contributed by atoms with Crippen molar-refractivity contribution < 1.29 is 13.3 Å². The maximum absolute atomic E-state index is 12.2. The number of aromatic nitrogens is 1. The number of benzene rings is 1. The van der Waals surface area contributed by atoms with Gasteiger partial charge in [-0.25, -0.2) is 8.42 Å². The Morgan fingerprint density at radius 3 is 2.65 bits per heavy atom. The zero-order valence-electron chi connectivity index (χ0n) is 10.1. The van der Waals surface area contributed by atoms with Gasteiger partial charge in [-0.1, -0.05) is 0 Å². The monoisotopic (exact) mass is 294 g/mol. The molecule has 0 aliphatic heterocycles. The van der Waals surface area contributed by atoms with E-state index in [1.165, 1.54) is 30.6 Å². The van der Waals surface area contributed by atoms with Gasteiger partial charge in [0.1, 0.15) is 0 Å². The molecule has 0 amide bonds. The van der Waals surface area contributed by atoms with E-state index in [1.807, 2.05) is 0 Å². The summed E-state index contributed by atoms with van der Waals surface area (Å²) in [6, 6.07) is 6.36. The van der Waals surface area contributed by atoms with Gasteiger partial charge in [-0.2, -0.15) is 0 Å². The third-order valence-electron chi connectivity index (χ3n) is 2.38. The van der Waals surface area contributed by atoms with Crippen molar-refractivity contribution in [3.63, 3.8) is 0 Å². The number of anilines is 2. The molecule has 2 rings (SSSR count). The fourth-order valence-corrected chi connectivity index (χ4v) is 2.78. The topological polar surface area (TPSA) is 128 Å². The first-order chi connectivity index (χ1) is 9.40. The molecule has 0 radical (unpaired) electrons. The molecule has 0 saturated heterocycles. The van der Waals surface area contributed by atoms with Gasteiger partial charge in [-0.15, -0.1) is 0 Å². The fraction of sp³-hybridized carbons (Fsp3) is 0. The van der Waals surface area contributed by atoms with Crippen LogP contribution < -0.4 is 10.5 Å². The summed E-state index contributed by atoms with van der Waals surface area (Å²) >= 11 is 0. The molecule has 3 N–H and O–H groups in total. The average molecular weight is 294 g/mol. The van der Waals surface area contributed by atoms with Crippen LogP contribution >= 0.6 is 0 Å². The van der Waals surface area contributed by atoms with Crippen molar-refractivity contribution in [2.45, 2.75) is 4.90 Å². The lowest BCUT2D eigenvalue weighted by molar-refractivity contribution is -0.387. The highest BCUT2D eigenvalue weighted by Crippen LogP contribution is 2.27. The first-order valence-electron chi connectivity index (χ1n) is 5.37. The second-order valence-electron chi connectivity index (χ2n) is 3.83. The normalized spacial score (nSPS) is 11.0. The molecule has 0 fully saturated rings. The Bertz CT molecular complexity index is 746. The van der Waals surface area contributed by atoms with E-state index < -0.39 is 25.5 Å². The number of pyridine rings is 1. The van der Waals surface area contributed by atoms with E-state index in [2.05, 4.69) is 9.71 Å². The molecule has 1 aromatic heterocycles. The number of sulfonamides is 1. The van der Waals surface area contributed by atoms with Crippen LogP contribution in [-0.2, 0) is 10.0 Å². The number of hydrogen-bond donors (Lipinski definition) is 2. The van der Waals surface area contributed by atoms with Crippen LogP contribution in [0.2, 0.25) is 0 Å². The van der Waals surface area contributed by atoms with Crippen LogP contribution in [-0.4, -0.2) is 18.3 Å². The molecule has 0 saturated carbocycles. The Kier molecular flexibility index (Phi) is 3.53. The van der Waals surface area contributed by atoms with E-state index in [0.29, 0.717) is 0 Å². The lowest BCUT2D eigenvalue weighted by atomic mass is 10.3. The van der Waals surface area contributed by atoms with Gasteiger partial charge in [-0.05, 0) is 24.3 Å². The zero-order valence-corrected chi connectivity index (χ0v) is 10.9. The van der Waals surface area contributed by atoms with Crippen LogP contribution in [0.3, 0.4) is 0 Å². The molecule has 9 heteroatoms. The van der Waals surface area contributed by atoms with Crippen molar-refractivity contribution in [1.29, 1.82) is 0 Å². The number of nitrogens with zero attached hydrogens (tertiary/aromatic N) is 2. The lowest BCUT2D eigenvalue weighted by Gasteiger charge is -2.08. The van der Waals surface area contributed by atoms with Gasteiger partial charge in [0.15, 0.2) is 4.90 Å². The van der Waals surface area contributed by atoms with Gasteiger partial charge in [0.05, 0.1) is 16.8 Å². The van der Waals surface area contributed by atoms with E-state index >= 15 is 0 Å². The summed E-state index contributed by atoms with van der Waals surface area (Å²) in [5.41, 5.74) is 5.26. The number of nitrogen functional groups attached to an aromatic ring is 1. The van der Waals surface area contributed by atoms with E-state index in [1.54, 1.807) is 0 Å². The van der Waals surface area contributed by atoms with Gasteiger partial charge in [0.25, 0.3) is 15.7 Å². The van der Waals surface area contributed by atoms with Crippen LogP contribution in [0.4, 0.5) is 17.1 Å². The summed E-state index contributed by atoms with van der Waals surface area (Å²) in [5, 5.41) is 10.9. The Hall–Kier alpha value is -2.68. The number of nitrogens with one attached hydrogen (secondary N) is 1. The highest BCUT2D eigenvalue weighted by atomic mass is 32.2.